The van der Waals surface area contributed by atoms with Gasteiger partial charge in [0.2, 0.25) is 0 Å². The Kier molecular flexibility index (Phi) is 4.15. The second kappa shape index (κ2) is 5.70. The Morgan fingerprint density at radius 2 is 1.37 bits per heavy atom. The summed E-state index contributed by atoms with van der Waals surface area (Å²) in [5.74, 6) is 0.378. The lowest BCUT2D eigenvalue weighted by molar-refractivity contribution is 0.101. The minimum absolute atomic E-state index is 0.0615. The van der Waals surface area contributed by atoms with Crippen molar-refractivity contribution in [1.29, 1.82) is 0 Å². The minimum Gasteiger partial charge on any atom is -0.507 e. The van der Waals surface area contributed by atoms with Crippen LogP contribution in [0.2, 0.25) is 0 Å². The highest BCUT2D eigenvalue weighted by molar-refractivity contribution is 6.24. The molecule has 1 N–H and O–H groups in total. The molecule has 0 fully saturated rings. The molecule has 144 valence electrons. The molecule has 2 aromatic rings. The van der Waals surface area contributed by atoms with E-state index >= 15 is 0 Å². The quantitative estimate of drug-likeness (QED) is 0.560. The smallest absolute Gasteiger partial charge is 0.190 e. The van der Waals surface area contributed by atoms with E-state index in [0.717, 1.165) is 38.6 Å². The number of carbonyl (C=O) groups is 1. The predicted octanol–water partition coefficient (Wildman–Crippen LogP) is 6.77. The molecule has 3 rings (SSSR count). The molecule has 2 heteroatoms. The van der Waals surface area contributed by atoms with Crippen LogP contribution < -0.4 is 0 Å². The van der Waals surface area contributed by atoms with Crippen molar-refractivity contribution in [2.45, 2.75) is 73.1 Å². The molecule has 0 heterocycles. The predicted molar refractivity (Wildman–Crippen MR) is 115 cm³/mol. The van der Waals surface area contributed by atoms with Crippen LogP contribution in [-0.2, 0) is 10.8 Å². The first-order chi connectivity index (χ1) is 12.1. The third-order valence-electron chi connectivity index (χ3n) is 5.51. The van der Waals surface area contributed by atoms with Crippen molar-refractivity contribution in [3.63, 3.8) is 0 Å². The molecular formula is C25H32O2. The molecule has 27 heavy (non-hydrogen) atoms. The lowest BCUT2D eigenvalue weighted by atomic mass is 9.73. The van der Waals surface area contributed by atoms with Crippen LogP contribution in [0.15, 0.2) is 23.8 Å². The van der Waals surface area contributed by atoms with Gasteiger partial charge in [-0.3, -0.25) is 4.79 Å². The topological polar surface area (TPSA) is 37.3 Å². The molecule has 0 unspecified atom stereocenters. The zero-order valence-electron chi connectivity index (χ0n) is 18.2. The summed E-state index contributed by atoms with van der Waals surface area (Å²) in [5, 5.41) is 13.0. The Morgan fingerprint density at radius 3 is 1.85 bits per heavy atom. The van der Waals surface area contributed by atoms with Crippen molar-refractivity contribution in [1.82, 2.24) is 0 Å². The normalized spacial score (nSPS) is 15.3. The van der Waals surface area contributed by atoms with Crippen LogP contribution in [0.25, 0.3) is 16.8 Å². The largest absolute Gasteiger partial charge is 0.507 e. The summed E-state index contributed by atoms with van der Waals surface area (Å²) in [6, 6.07) is 6.28. The lowest BCUT2D eigenvalue weighted by Gasteiger charge is -2.30. The molecule has 0 aliphatic heterocycles. The van der Waals surface area contributed by atoms with Crippen molar-refractivity contribution in [2.24, 2.45) is 5.41 Å². The van der Waals surface area contributed by atoms with Gasteiger partial charge in [0.15, 0.2) is 5.78 Å². The van der Waals surface area contributed by atoms with Crippen LogP contribution in [-0.4, -0.2) is 10.9 Å². The molecular weight excluding hydrogens is 332 g/mol. The van der Waals surface area contributed by atoms with Gasteiger partial charge in [0, 0.05) is 27.6 Å². The van der Waals surface area contributed by atoms with Crippen molar-refractivity contribution < 1.29 is 9.90 Å². The van der Waals surface area contributed by atoms with Gasteiger partial charge in [-0.1, -0.05) is 68.4 Å². The molecule has 0 atom stereocenters. The minimum atomic E-state index is -0.289. The molecule has 0 saturated carbocycles. The van der Waals surface area contributed by atoms with Crippen LogP contribution in [0.1, 0.15) is 89.4 Å². The maximum atomic E-state index is 13.4. The van der Waals surface area contributed by atoms with Crippen molar-refractivity contribution >= 4 is 22.6 Å². The SMILES string of the molecule is CC(C)(C)C1=Cc2c(O)c(C(C)(C)C)cc3cc(C(C)(C)C)cc(c23)C1=O. The number of Topliss-reactive ketones (excluding diaryl/α,β-unsaturated/α-hetero) is 1. The van der Waals surface area contributed by atoms with Gasteiger partial charge in [-0.15, -0.1) is 0 Å². The fourth-order valence-electron chi connectivity index (χ4n) is 3.80. The molecule has 2 aromatic carbocycles. The highest BCUT2D eigenvalue weighted by atomic mass is 16.3. The first-order valence-corrected chi connectivity index (χ1v) is 9.74. The van der Waals surface area contributed by atoms with Crippen molar-refractivity contribution in [3.05, 3.63) is 46.0 Å². The van der Waals surface area contributed by atoms with E-state index in [1.165, 1.54) is 0 Å². The number of carbonyl (C=O) groups excluding carboxylic acids is 1. The number of hydrogen-bond donors (Lipinski definition) is 1. The Hall–Kier alpha value is -2.09. The van der Waals surface area contributed by atoms with Crippen molar-refractivity contribution in [2.75, 3.05) is 0 Å². The zero-order valence-corrected chi connectivity index (χ0v) is 18.2. The van der Waals surface area contributed by atoms with E-state index in [2.05, 4.69) is 74.4 Å². The molecule has 1 aliphatic rings. The number of allylic oxidation sites excluding steroid dienone is 1. The maximum absolute atomic E-state index is 13.4. The van der Waals surface area contributed by atoms with E-state index in [4.69, 9.17) is 0 Å². The summed E-state index contributed by atoms with van der Waals surface area (Å²) in [4.78, 5) is 13.4. The molecule has 0 spiro atoms. The number of phenols is 1. The van der Waals surface area contributed by atoms with Gasteiger partial charge in [0.25, 0.3) is 0 Å². The van der Waals surface area contributed by atoms with Crippen LogP contribution in [0.3, 0.4) is 0 Å². The van der Waals surface area contributed by atoms with E-state index < -0.39 is 0 Å². The van der Waals surface area contributed by atoms with Gasteiger partial charge >= 0.3 is 0 Å². The highest BCUT2D eigenvalue weighted by Crippen LogP contribution is 2.46. The van der Waals surface area contributed by atoms with E-state index in [0.29, 0.717) is 5.75 Å². The molecule has 0 radical (unpaired) electrons. The summed E-state index contributed by atoms with van der Waals surface area (Å²) in [5.41, 5.74) is 3.78. The van der Waals surface area contributed by atoms with E-state index in [1.54, 1.807) is 0 Å². The summed E-state index contributed by atoms with van der Waals surface area (Å²) in [6.45, 7) is 19.0. The zero-order chi connectivity index (χ0) is 20.5. The van der Waals surface area contributed by atoms with Gasteiger partial charge in [0.1, 0.15) is 5.75 Å². The summed E-state index contributed by atoms with van der Waals surface area (Å²) in [7, 11) is 0. The van der Waals surface area contributed by atoms with Gasteiger partial charge in [-0.25, -0.2) is 0 Å². The monoisotopic (exact) mass is 364 g/mol. The van der Waals surface area contributed by atoms with Gasteiger partial charge in [-0.2, -0.15) is 0 Å². The second-order valence-electron chi connectivity index (χ2n) is 10.9. The number of ketones is 1. The van der Waals surface area contributed by atoms with E-state index in [1.807, 2.05) is 12.1 Å². The number of phenolic OH excluding ortho intramolecular Hbond substituents is 1. The Bertz CT molecular complexity index is 984. The average molecular weight is 365 g/mol. The van der Waals surface area contributed by atoms with Crippen LogP contribution in [0.4, 0.5) is 0 Å². The Labute approximate surface area is 163 Å². The standard InChI is InChI=1S/C25H32O2/c1-23(2,3)15-10-14-11-18(24(4,5)6)22(27)17-13-19(25(7,8)9)21(26)16(12-15)20(14)17/h10-13,27H,1-9H3. The van der Waals surface area contributed by atoms with Crippen LogP contribution in [0.5, 0.6) is 5.75 Å². The van der Waals surface area contributed by atoms with Gasteiger partial charge < -0.3 is 5.11 Å². The number of hydrogen-bond acceptors (Lipinski definition) is 2. The summed E-state index contributed by atoms with van der Waals surface area (Å²) in [6.07, 6.45) is 1.92. The molecule has 0 bridgehead atoms. The number of benzene rings is 2. The molecule has 1 aliphatic carbocycles. The number of aromatic hydroxyl groups is 1. The van der Waals surface area contributed by atoms with E-state index in [9.17, 15) is 9.90 Å². The third kappa shape index (κ3) is 3.20. The second-order valence-corrected chi connectivity index (χ2v) is 10.9. The highest BCUT2D eigenvalue weighted by Gasteiger charge is 2.33. The third-order valence-corrected chi connectivity index (χ3v) is 5.51. The maximum Gasteiger partial charge on any atom is 0.190 e. The molecule has 0 amide bonds. The first kappa shape index (κ1) is 19.7. The molecule has 2 nitrogen and oxygen atoms in total. The summed E-state index contributed by atoms with van der Waals surface area (Å²) < 4.78 is 0. The van der Waals surface area contributed by atoms with E-state index in [-0.39, 0.29) is 22.0 Å². The van der Waals surface area contributed by atoms with Crippen molar-refractivity contribution in [3.8, 4) is 5.75 Å². The lowest BCUT2D eigenvalue weighted by Crippen LogP contribution is -2.22. The van der Waals surface area contributed by atoms with Gasteiger partial charge in [-0.05, 0) is 45.4 Å². The van der Waals surface area contributed by atoms with Crippen LogP contribution >= 0.6 is 0 Å². The molecule has 0 aromatic heterocycles. The Balaban J connectivity index is 2.52. The molecule has 0 saturated heterocycles. The fourth-order valence-corrected chi connectivity index (χ4v) is 3.80. The van der Waals surface area contributed by atoms with Crippen LogP contribution in [0, 0.1) is 5.41 Å². The summed E-state index contributed by atoms with van der Waals surface area (Å²) >= 11 is 0. The number of rotatable bonds is 0. The Morgan fingerprint density at radius 1 is 0.778 bits per heavy atom. The van der Waals surface area contributed by atoms with Gasteiger partial charge in [0.05, 0.1) is 0 Å². The fraction of sp³-hybridized carbons (Fsp3) is 0.480. The average Bonchev–Trinajstić information content (AvgIpc) is 2.48. The first-order valence-electron chi connectivity index (χ1n) is 9.74.